The fourth-order valence-corrected chi connectivity index (χ4v) is 2.75. The highest BCUT2D eigenvalue weighted by atomic mass is 16.6. The van der Waals surface area contributed by atoms with Gasteiger partial charge in [-0.25, -0.2) is 9.59 Å². The normalized spacial score (nSPS) is 10.1. The van der Waals surface area contributed by atoms with Crippen LogP contribution in [0.1, 0.15) is 43.2 Å². The summed E-state index contributed by atoms with van der Waals surface area (Å²) >= 11 is 0. The number of hydrogen-bond acceptors (Lipinski definition) is 6. The third-order valence-corrected chi connectivity index (χ3v) is 4.44. The predicted octanol–water partition coefficient (Wildman–Crippen LogP) is 4.23. The van der Waals surface area contributed by atoms with Gasteiger partial charge >= 0.3 is 18.2 Å². The summed E-state index contributed by atoms with van der Waals surface area (Å²) < 4.78 is 10.3. The van der Waals surface area contributed by atoms with Crippen molar-refractivity contribution in [3.05, 3.63) is 71.8 Å². The summed E-state index contributed by atoms with van der Waals surface area (Å²) in [5.41, 5.74) is 1.64. The van der Waals surface area contributed by atoms with E-state index in [1.165, 1.54) is 0 Å². The number of alkyl carbamates (subject to hydrolysis) is 2. The van der Waals surface area contributed by atoms with Crippen LogP contribution >= 0.6 is 0 Å². The summed E-state index contributed by atoms with van der Waals surface area (Å²) in [4.78, 5) is 39.1. The summed E-state index contributed by atoms with van der Waals surface area (Å²) in [6, 6.07) is 18.4. The number of carbonyl (C=O) groups is 3. The summed E-state index contributed by atoms with van der Waals surface area (Å²) in [6.45, 7) is 0.476. The fraction of sp³-hybridized carbons (Fsp3) is 0.333. The van der Waals surface area contributed by atoms with Crippen LogP contribution in [0.5, 0.6) is 0 Å². The van der Waals surface area contributed by atoms with Crippen LogP contribution in [0.2, 0.25) is 0 Å². The minimum atomic E-state index is -0.813. The third-order valence-electron chi connectivity index (χ3n) is 4.44. The molecule has 2 aromatic carbocycles. The molecule has 9 nitrogen and oxygen atoms in total. The largest absolute Gasteiger partial charge is 0.481 e. The zero-order chi connectivity index (χ0) is 23.7. The van der Waals surface area contributed by atoms with Gasteiger partial charge in [0, 0.05) is 13.0 Å². The molecular weight excluding hydrogens is 426 g/mol. The maximum absolute atomic E-state index is 12.2. The molecule has 0 heterocycles. The Morgan fingerprint density at radius 3 is 1.70 bits per heavy atom. The average molecular weight is 456 g/mol. The highest BCUT2D eigenvalue weighted by molar-refractivity contribution is 6.01. The maximum Gasteiger partial charge on any atom is 0.414 e. The molecule has 0 radical (unpaired) electrons. The number of guanidine groups is 1. The van der Waals surface area contributed by atoms with Crippen LogP contribution in [0, 0.1) is 0 Å². The fourth-order valence-electron chi connectivity index (χ4n) is 2.75. The number of ether oxygens (including phenoxy) is 2. The molecule has 9 heteroatoms. The minimum Gasteiger partial charge on any atom is -0.481 e. The van der Waals surface area contributed by atoms with E-state index in [-0.39, 0.29) is 25.6 Å². The number of rotatable bonds is 11. The van der Waals surface area contributed by atoms with E-state index in [0.717, 1.165) is 24.0 Å². The van der Waals surface area contributed by atoms with E-state index in [0.29, 0.717) is 19.4 Å². The minimum absolute atomic E-state index is 0.0714. The van der Waals surface area contributed by atoms with Crippen LogP contribution in [0.4, 0.5) is 9.59 Å². The molecule has 0 fully saturated rings. The summed E-state index contributed by atoms with van der Waals surface area (Å²) in [5.74, 6) is -0.886. The molecule has 0 saturated carbocycles. The van der Waals surface area contributed by atoms with Gasteiger partial charge < -0.3 is 14.6 Å². The molecule has 0 spiro atoms. The van der Waals surface area contributed by atoms with E-state index >= 15 is 0 Å². The molecule has 0 aliphatic rings. The van der Waals surface area contributed by atoms with Crippen molar-refractivity contribution in [1.82, 2.24) is 10.6 Å². The molecule has 33 heavy (non-hydrogen) atoms. The number of carboxylic acid groups (broad SMARTS) is 1. The zero-order valence-electron chi connectivity index (χ0n) is 18.4. The van der Waals surface area contributed by atoms with Gasteiger partial charge in [0.1, 0.15) is 13.2 Å². The number of nitrogens with one attached hydrogen (secondary N) is 2. The van der Waals surface area contributed by atoms with Crippen LogP contribution in [-0.2, 0) is 27.5 Å². The van der Waals surface area contributed by atoms with E-state index in [9.17, 15) is 14.4 Å². The van der Waals surface area contributed by atoms with Gasteiger partial charge in [0.05, 0.1) is 0 Å². The number of amides is 2. The van der Waals surface area contributed by atoms with Gasteiger partial charge in [0.15, 0.2) is 0 Å². The molecule has 2 rings (SSSR count). The van der Waals surface area contributed by atoms with Crippen molar-refractivity contribution in [3.8, 4) is 0 Å². The number of carbonyl (C=O) groups excluding carboxylic acids is 2. The van der Waals surface area contributed by atoms with Crippen molar-refractivity contribution >= 4 is 24.1 Å². The summed E-state index contributed by atoms with van der Waals surface area (Å²) in [6.07, 6.45) is 1.42. The Bertz CT molecular complexity index is 843. The molecule has 176 valence electrons. The molecule has 0 aromatic heterocycles. The van der Waals surface area contributed by atoms with Crippen molar-refractivity contribution in [1.29, 1.82) is 0 Å². The standard InChI is InChI=1S/C24H29N3O6/c28-21(29)15-9-1-2-10-16-25-22(26-23(30)32-17-19-11-5-3-6-12-19)27-24(31)33-18-20-13-7-4-8-14-20/h3-8,11-14H,1-2,9-10,15-18H2,(H,28,29)(H2,25,26,27,30,31). The lowest BCUT2D eigenvalue weighted by molar-refractivity contribution is -0.137. The topological polar surface area (TPSA) is 126 Å². The van der Waals surface area contributed by atoms with Crippen molar-refractivity contribution in [2.24, 2.45) is 4.99 Å². The lowest BCUT2D eigenvalue weighted by atomic mass is 10.1. The van der Waals surface area contributed by atoms with Crippen molar-refractivity contribution < 1.29 is 29.0 Å². The van der Waals surface area contributed by atoms with Crippen LogP contribution in [0.25, 0.3) is 0 Å². The Hall–Kier alpha value is -3.88. The van der Waals surface area contributed by atoms with Gasteiger partial charge in [-0.3, -0.25) is 20.4 Å². The second-order valence-corrected chi connectivity index (χ2v) is 7.16. The predicted molar refractivity (Wildman–Crippen MR) is 123 cm³/mol. The molecule has 2 aromatic rings. The monoisotopic (exact) mass is 455 g/mol. The number of aliphatic imine (C=N–C) groups is 1. The number of hydrogen-bond donors (Lipinski definition) is 3. The summed E-state index contributed by atoms with van der Waals surface area (Å²) in [7, 11) is 0. The van der Waals surface area contributed by atoms with Gasteiger partial charge in [0.2, 0.25) is 5.96 Å². The maximum atomic E-state index is 12.2. The quantitative estimate of drug-likeness (QED) is 0.264. The third kappa shape index (κ3) is 11.9. The smallest absolute Gasteiger partial charge is 0.414 e. The Labute approximate surface area is 192 Å². The van der Waals surface area contributed by atoms with E-state index in [1.807, 2.05) is 60.7 Å². The lowest BCUT2D eigenvalue weighted by Crippen LogP contribution is -2.44. The SMILES string of the molecule is O=C(O)CCCCCCN=C(NC(=O)OCc1ccccc1)NC(=O)OCc1ccccc1. The average Bonchev–Trinajstić information content (AvgIpc) is 2.82. The van der Waals surface area contributed by atoms with E-state index in [2.05, 4.69) is 15.6 Å². The Morgan fingerprint density at radius 1 is 0.727 bits per heavy atom. The highest BCUT2D eigenvalue weighted by Crippen LogP contribution is 2.04. The van der Waals surface area contributed by atoms with Gasteiger partial charge in [-0.1, -0.05) is 73.5 Å². The molecule has 3 N–H and O–H groups in total. The van der Waals surface area contributed by atoms with E-state index in [4.69, 9.17) is 14.6 Å². The highest BCUT2D eigenvalue weighted by Gasteiger charge is 2.12. The molecule has 0 atom stereocenters. The number of nitrogens with zero attached hydrogens (tertiary/aromatic N) is 1. The number of aliphatic carboxylic acids is 1. The van der Waals surface area contributed by atoms with Crippen LogP contribution in [0.3, 0.4) is 0 Å². The van der Waals surface area contributed by atoms with Gasteiger partial charge in [-0.15, -0.1) is 0 Å². The second kappa shape index (κ2) is 15.0. The molecule has 0 aliphatic carbocycles. The summed E-state index contributed by atoms with van der Waals surface area (Å²) in [5, 5.41) is 13.5. The first-order valence-corrected chi connectivity index (χ1v) is 10.7. The molecule has 0 bridgehead atoms. The zero-order valence-corrected chi connectivity index (χ0v) is 18.4. The van der Waals surface area contributed by atoms with E-state index < -0.39 is 18.2 Å². The Morgan fingerprint density at radius 2 is 1.21 bits per heavy atom. The Kier molecular flexibility index (Phi) is 11.5. The molecule has 2 amide bonds. The molecule has 0 aliphatic heterocycles. The number of unbranched alkanes of at least 4 members (excludes halogenated alkanes) is 3. The van der Waals surface area contributed by atoms with Gasteiger partial charge in [-0.2, -0.15) is 0 Å². The first-order chi connectivity index (χ1) is 16.0. The van der Waals surface area contributed by atoms with Gasteiger partial charge in [-0.05, 0) is 24.0 Å². The molecule has 0 saturated heterocycles. The van der Waals surface area contributed by atoms with Crippen molar-refractivity contribution in [2.45, 2.75) is 45.3 Å². The van der Waals surface area contributed by atoms with Crippen LogP contribution in [-0.4, -0.2) is 35.8 Å². The molecule has 0 unspecified atom stereocenters. The lowest BCUT2D eigenvalue weighted by Gasteiger charge is -2.12. The van der Waals surface area contributed by atoms with Crippen molar-refractivity contribution in [2.75, 3.05) is 6.54 Å². The second-order valence-electron chi connectivity index (χ2n) is 7.16. The molecular formula is C24H29N3O6. The van der Waals surface area contributed by atoms with Gasteiger partial charge in [0.25, 0.3) is 0 Å². The van der Waals surface area contributed by atoms with Crippen molar-refractivity contribution in [3.63, 3.8) is 0 Å². The first-order valence-electron chi connectivity index (χ1n) is 10.7. The first kappa shape index (κ1) is 25.4. The van der Waals surface area contributed by atoms with Crippen LogP contribution in [0.15, 0.2) is 65.7 Å². The van der Waals surface area contributed by atoms with Crippen LogP contribution < -0.4 is 10.6 Å². The number of benzene rings is 2. The van der Waals surface area contributed by atoms with E-state index in [1.54, 1.807) is 0 Å². The Balaban J connectivity index is 1.83. The number of carboxylic acids is 1.